The molecule has 0 heterocycles. The Morgan fingerprint density at radius 3 is 2.76 bits per heavy atom. The molecule has 0 aliphatic rings. The second-order valence-corrected chi connectivity index (χ2v) is 4.90. The first kappa shape index (κ1) is 15.0. The second kappa shape index (κ2) is 6.35. The van der Waals surface area contributed by atoms with Gasteiger partial charge < -0.3 is 9.84 Å². The van der Waals surface area contributed by atoms with E-state index < -0.39 is 4.92 Å². The van der Waals surface area contributed by atoms with Crippen LogP contribution in [0.15, 0.2) is 40.9 Å². The molecule has 1 N–H and O–H groups in total. The van der Waals surface area contributed by atoms with E-state index >= 15 is 0 Å². The smallest absolute Gasteiger partial charge is 0.312 e. The number of benzene rings is 2. The van der Waals surface area contributed by atoms with E-state index in [9.17, 15) is 10.1 Å². The molecule has 2 aromatic carbocycles. The standard InChI is InChI=1S/C14H9BrN2O4/c15-11-2-1-3-12(17(19)20)14(11)21-13-5-4-9(8-18)6-10(13)7-16/h1-6,18H,8H2. The predicted octanol–water partition coefficient (Wildman–Crippen LogP) is 3.51. The SMILES string of the molecule is N#Cc1cc(CO)ccc1Oc1c(Br)cccc1[N+](=O)[O-]. The number of halogens is 1. The maximum Gasteiger partial charge on any atom is 0.312 e. The lowest BCUT2D eigenvalue weighted by Crippen LogP contribution is -1.96. The summed E-state index contributed by atoms with van der Waals surface area (Å²) in [5, 5.41) is 29.2. The average Bonchev–Trinajstić information content (AvgIpc) is 2.49. The third-order valence-electron chi connectivity index (χ3n) is 2.70. The molecular weight excluding hydrogens is 340 g/mol. The molecular formula is C14H9BrN2O4. The van der Waals surface area contributed by atoms with Crippen LogP contribution in [0.5, 0.6) is 11.5 Å². The summed E-state index contributed by atoms with van der Waals surface area (Å²) < 4.78 is 5.94. The fourth-order valence-electron chi connectivity index (χ4n) is 1.70. The van der Waals surface area contributed by atoms with Crippen LogP contribution in [0, 0.1) is 21.4 Å². The van der Waals surface area contributed by atoms with Crippen LogP contribution >= 0.6 is 15.9 Å². The van der Waals surface area contributed by atoms with Gasteiger partial charge >= 0.3 is 5.69 Å². The van der Waals surface area contributed by atoms with E-state index in [0.717, 1.165) is 0 Å². The van der Waals surface area contributed by atoms with Crippen molar-refractivity contribution in [1.29, 1.82) is 5.26 Å². The van der Waals surface area contributed by atoms with E-state index in [1.54, 1.807) is 12.1 Å². The van der Waals surface area contributed by atoms with Gasteiger partial charge in [-0.3, -0.25) is 10.1 Å². The van der Waals surface area contributed by atoms with Gasteiger partial charge in [-0.2, -0.15) is 5.26 Å². The molecule has 7 heteroatoms. The quantitative estimate of drug-likeness (QED) is 0.673. The number of aliphatic hydroxyl groups excluding tert-OH is 1. The number of hydrogen-bond donors (Lipinski definition) is 1. The average molecular weight is 349 g/mol. The summed E-state index contributed by atoms with van der Waals surface area (Å²) in [7, 11) is 0. The van der Waals surface area contributed by atoms with Gasteiger partial charge in [0.2, 0.25) is 5.75 Å². The van der Waals surface area contributed by atoms with Gasteiger partial charge in [-0.25, -0.2) is 0 Å². The van der Waals surface area contributed by atoms with Crippen LogP contribution in [0.2, 0.25) is 0 Å². The van der Waals surface area contributed by atoms with Crippen LogP contribution < -0.4 is 4.74 Å². The van der Waals surface area contributed by atoms with Gasteiger partial charge in [-0.05, 0) is 39.7 Å². The Balaban J connectivity index is 2.48. The minimum absolute atomic E-state index is 0.0238. The predicted molar refractivity (Wildman–Crippen MR) is 78.0 cm³/mol. The largest absolute Gasteiger partial charge is 0.448 e. The lowest BCUT2D eigenvalue weighted by molar-refractivity contribution is -0.385. The number of para-hydroxylation sites is 1. The summed E-state index contributed by atoms with van der Waals surface area (Å²) in [6, 6.07) is 10.9. The highest BCUT2D eigenvalue weighted by Crippen LogP contribution is 2.38. The van der Waals surface area contributed by atoms with E-state index in [1.807, 2.05) is 6.07 Å². The Hall–Kier alpha value is -2.43. The van der Waals surface area contributed by atoms with Gasteiger partial charge in [0.25, 0.3) is 0 Å². The number of aliphatic hydroxyl groups is 1. The highest BCUT2D eigenvalue weighted by molar-refractivity contribution is 9.10. The molecule has 2 rings (SSSR count). The van der Waals surface area contributed by atoms with Crippen molar-refractivity contribution in [2.45, 2.75) is 6.61 Å². The zero-order valence-corrected chi connectivity index (χ0v) is 12.2. The molecule has 0 saturated heterocycles. The minimum Gasteiger partial charge on any atom is -0.448 e. The molecule has 0 bridgehead atoms. The number of hydrogen-bond acceptors (Lipinski definition) is 5. The molecule has 0 radical (unpaired) electrons. The molecule has 6 nitrogen and oxygen atoms in total. The highest BCUT2D eigenvalue weighted by atomic mass is 79.9. The maximum atomic E-state index is 11.0. The minimum atomic E-state index is -0.561. The van der Waals surface area contributed by atoms with Gasteiger partial charge in [0.15, 0.2) is 0 Å². The zero-order valence-electron chi connectivity index (χ0n) is 10.6. The van der Waals surface area contributed by atoms with Crippen LogP contribution in [-0.4, -0.2) is 10.0 Å². The molecule has 0 unspecified atom stereocenters. The maximum absolute atomic E-state index is 11.0. The summed E-state index contributed by atoms with van der Waals surface area (Å²) in [5.41, 5.74) is 0.534. The normalized spacial score (nSPS) is 9.95. The molecule has 2 aromatic rings. The Kier molecular flexibility index (Phi) is 4.52. The molecule has 0 saturated carbocycles. The molecule has 0 aliphatic carbocycles. The van der Waals surface area contributed by atoms with Crippen LogP contribution in [-0.2, 0) is 6.61 Å². The van der Waals surface area contributed by atoms with Crippen molar-refractivity contribution in [3.8, 4) is 17.6 Å². The Labute approximate surface area is 128 Å². The molecule has 0 aromatic heterocycles. The van der Waals surface area contributed by atoms with Crippen LogP contribution in [0.4, 0.5) is 5.69 Å². The zero-order chi connectivity index (χ0) is 15.4. The number of nitro benzene ring substituents is 1. The summed E-state index contributed by atoms with van der Waals surface area (Å²) in [4.78, 5) is 10.5. The van der Waals surface area contributed by atoms with E-state index in [2.05, 4.69) is 15.9 Å². The molecule has 0 spiro atoms. The summed E-state index contributed by atoms with van der Waals surface area (Å²) in [5.74, 6) is 0.209. The van der Waals surface area contributed by atoms with Crippen LogP contribution in [0.25, 0.3) is 0 Å². The first-order valence-electron chi connectivity index (χ1n) is 5.81. The third-order valence-corrected chi connectivity index (χ3v) is 3.33. The first-order valence-corrected chi connectivity index (χ1v) is 6.60. The molecule has 0 amide bonds. The Bertz CT molecular complexity index is 740. The molecule has 0 fully saturated rings. The van der Waals surface area contributed by atoms with Gasteiger partial charge in [0, 0.05) is 6.07 Å². The van der Waals surface area contributed by atoms with Gasteiger partial charge in [-0.15, -0.1) is 0 Å². The topological polar surface area (TPSA) is 96.4 Å². The van der Waals surface area contributed by atoms with Crippen molar-refractivity contribution in [3.05, 3.63) is 62.1 Å². The van der Waals surface area contributed by atoms with Crippen molar-refractivity contribution < 1.29 is 14.8 Å². The Morgan fingerprint density at radius 1 is 1.38 bits per heavy atom. The number of ether oxygens (including phenoxy) is 1. The second-order valence-electron chi connectivity index (χ2n) is 4.05. The van der Waals surface area contributed by atoms with Gasteiger partial charge in [0.05, 0.1) is 21.6 Å². The molecule has 106 valence electrons. The Morgan fingerprint density at radius 2 is 2.14 bits per heavy atom. The number of nitrogens with zero attached hydrogens (tertiary/aromatic N) is 2. The fraction of sp³-hybridized carbons (Fsp3) is 0.0714. The lowest BCUT2D eigenvalue weighted by Gasteiger charge is -2.10. The van der Waals surface area contributed by atoms with E-state index in [4.69, 9.17) is 15.1 Å². The number of nitriles is 1. The van der Waals surface area contributed by atoms with Crippen molar-refractivity contribution in [2.75, 3.05) is 0 Å². The molecule has 21 heavy (non-hydrogen) atoms. The first-order chi connectivity index (χ1) is 10.1. The fourth-order valence-corrected chi connectivity index (χ4v) is 2.14. The van der Waals surface area contributed by atoms with Gasteiger partial charge in [-0.1, -0.05) is 12.1 Å². The lowest BCUT2D eigenvalue weighted by atomic mass is 10.1. The van der Waals surface area contributed by atoms with E-state index in [1.165, 1.54) is 24.3 Å². The number of nitro groups is 1. The van der Waals surface area contributed by atoms with Crippen LogP contribution in [0.1, 0.15) is 11.1 Å². The van der Waals surface area contributed by atoms with E-state index in [0.29, 0.717) is 10.0 Å². The summed E-state index contributed by atoms with van der Waals surface area (Å²) in [6.07, 6.45) is 0. The summed E-state index contributed by atoms with van der Waals surface area (Å²) >= 11 is 3.20. The summed E-state index contributed by atoms with van der Waals surface area (Å²) in [6.45, 7) is -0.204. The van der Waals surface area contributed by atoms with Crippen molar-refractivity contribution in [3.63, 3.8) is 0 Å². The van der Waals surface area contributed by atoms with Crippen molar-refractivity contribution >= 4 is 21.6 Å². The highest BCUT2D eigenvalue weighted by Gasteiger charge is 2.20. The molecule has 0 atom stereocenters. The van der Waals surface area contributed by atoms with E-state index in [-0.39, 0.29) is 29.4 Å². The monoisotopic (exact) mass is 348 g/mol. The number of rotatable bonds is 4. The van der Waals surface area contributed by atoms with Gasteiger partial charge in [0.1, 0.15) is 11.8 Å². The van der Waals surface area contributed by atoms with Crippen molar-refractivity contribution in [1.82, 2.24) is 0 Å². The van der Waals surface area contributed by atoms with Crippen LogP contribution in [0.3, 0.4) is 0 Å². The third kappa shape index (κ3) is 3.18. The van der Waals surface area contributed by atoms with Crippen molar-refractivity contribution in [2.24, 2.45) is 0 Å². The molecule has 0 aliphatic heterocycles.